The van der Waals surface area contributed by atoms with Gasteiger partial charge in [-0.25, -0.2) is 4.79 Å². The Hall–Kier alpha value is -1.75. The van der Waals surface area contributed by atoms with Crippen molar-refractivity contribution < 1.29 is 9.21 Å². The Kier molecular flexibility index (Phi) is 3.19. The highest BCUT2D eigenvalue weighted by Gasteiger charge is 2.07. The molecule has 17 heavy (non-hydrogen) atoms. The minimum Gasteiger partial charge on any atom is -0.408 e. The summed E-state index contributed by atoms with van der Waals surface area (Å²) >= 11 is 5.46. The van der Waals surface area contributed by atoms with E-state index in [9.17, 15) is 9.59 Å². The molecule has 0 atom stereocenters. The van der Waals surface area contributed by atoms with Crippen molar-refractivity contribution in [2.24, 2.45) is 7.05 Å². The van der Waals surface area contributed by atoms with Crippen LogP contribution in [0.15, 0.2) is 27.4 Å². The minimum absolute atomic E-state index is 0.159. The summed E-state index contributed by atoms with van der Waals surface area (Å²) in [6, 6.07) is 5.01. The molecule has 90 valence electrons. The first-order valence-electron chi connectivity index (χ1n) is 5.07. The predicted octanol–water partition coefficient (Wildman–Crippen LogP) is 1.70. The Morgan fingerprint density at radius 2 is 2.29 bits per heavy atom. The number of hydrogen-bond acceptors (Lipinski definition) is 3. The number of nitrogens with one attached hydrogen (secondary N) is 1. The molecule has 0 saturated carbocycles. The SMILES string of the molecule is Cn1c(=O)oc2ccc(NC(=O)CCCl)cc21. The van der Waals surface area contributed by atoms with Gasteiger partial charge in [-0.1, -0.05) is 0 Å². The van der Waals surface area contributed by atoms with Gasteiger partial charge in [0.25, 0.3) is 0 Å². The molecule has 0 bridgehead atoms. The standard InChI is InChI=1S/C11H11ClN2O3/c1-14-8-6-7(13-10(15)4-5-12)2-3-9(8)17-11(14)16/h2-3,6H,4-5H2,1H3,(H,13,15). The van der Waals surface area contributed by atoms with Gasteiger partial charge in [-0.2, -0.15) is 0 Å². The van der Waals surface area contributed by atoms with E-state index in [1.807, 2.05) is 0 Å². The van der Waals surface area contributed by atoms with E-state index in [4.69, 9.17) is 16.0 Å². The van der Waals surface area contributed by atoms with E-state index in [2.05, 4.69) is 5.32 Å². The number of rotatable bonds is 3. The summed E-state index contributed by atoms with van der Waals surface area (Å²) in [6.45, 7) is 0. The molecule has 0 radical (unpaired) electrons. The summed E-state index contributed by atoms with van der Waals surface area (Å²) in [4.78, 5) is 22.6. The third-order valence-corrected chi connectivity index (χ3v) is 2.59. The van der Waals surface area contributed by atoms with Gasteiger partial charge in [-0.15, -0.1) is 11.6 Å². The number of fused-ring (bicyclic) bond motifs is 1. The highest BCUT2D eigenvalue weighted by atomic mass is 35.5. The second-order valence-corrected chi connectivity index (χ2v) is 3.97. The van der Waals surface area contributed by atoms with Crippen molar-refractivity contribution in [1.82, 2.24) is 4.57 Å². The summed E-state index contributed by atoms with van der Waals surface area (Å²) in [6.07, 6.45) is 0.254. The van der Waals surface area contributed by atoms with Crippen LogP contribution in [0.5, 0.6) is 0 Å². The van der Waals surface area contributed by atoms with Crippen LogP contribution in [0, 0.1) is 0 Å². The number of hydrogen-bond donors (Lipinski definition) is 1. The van der Waals surface area contributed by atoms with Crippen LogP contribution in [0.25, 0.3) is 11.1 Å². The molecular weight excluding hydrogens is 244 g/mol. The van der Waals surface area contributed by atoms with E-state index in [1.165, 1.54) is 4.57 Å². The van der Waals surface area contributed by atoms with Gasteiger partial charge in [-0.05, 0) is 18.2 Å². The average molecular weight is 255 g/mol. The molecule has 0 saturated heterocycles. The van der Waals surface area contributed by atoms with Crippen LogP contribution in [-0.2, 0) is 11.8 Å². The Morgan fingerprint density at radius 3 is 3.00 bits per heavy atom. The first-order valence-corrected chi connectivity index (χ1v) is 5.60. The molecule has 0 aliphatic rings. The summed E-state index contributed by atoms with van der Waals surface area (Å²) in [5.74, 6) is -0.310. The van der Waals surface area contributed by atoms with E-state index in [0.29, 0.717) is 16.8 Å². The Bertz CT molecular complexity index is 615. The monoisotopic (exact) mass is 254 g/mol. The number of alkyl halides is 1. The van der Waals surface area contributed by atoms with Crippen molar-refractivity contribution in [2.75, 3.05) is 11.2 Å². The third kappa shape index (κ3) is 2.34. The van der Waals surface area contributed by atoms with E-state index < -0.39 is 5.76 Å². The molecule has 1 aromatic carbocycles. The molecule has 2 aromatic rings. The molecule has 0 unspecified atom stereocenters. The smallest absolute Gasteiger partial charge is 0.408 e. The number of aromatic nitrogens is 1. The molecule has 0 spiro atoms. The summed E-state index contributed by atoms with van der Waals surface area (Å²) in [7, 11) is 1.61. The van der Waals surface area contributed by atoms with Crippen molar-refractivity contribution in [2.45, 2.75) is 6.42 Å². The normalized spacial score (nSPS) is 10.7. The van der Waals surface area contributed by atoms with E-state index >= 15 is 0 Å². The zero-order valence-electron chi connectivity index (χ0n) is 9.20. The zero-order valence-corrected chi connectivity index (χ0v) is 9.95. The Balaban J connectivity index is 2.34. The fraction of sp³-hybridized carbons (Fsp3) is 0.273. The Morgan fingerprint density at radius 1 is 1.53 bits per heavy atom. The lowest BCUT2D eigenvalue weighted by molar-refractivity contribution is -0.115. The molecular formula is C11H11ClN2O3. The van der Waals surface area contributed by atoms with Crippen LogP contribution < -0.4 is 11.1 Å². The number of benzene rings is 1. The quantitative estimate of drug-likeness (QED) is 0.848. The predicted molar refractivity (Wildman–Crippen MR) is 65.4 cm³/mol. The van der Waals surface area contributed by atoms with Gasteiger partial charge in [-0.3, -0.25) is 9.36 Å². The van der Waals surface area contributed by atoms with Crippen LogP contribution in [0.1, 0.15) is 6.42 Å². The number of nitrogens with zero attached hydrogens (tertiary/aromatic N) is 1. The van der Waals surface area contributed by atoms with Gasteiger partial charge in [0.05, 0.1) is 5.52 Å². The number of amides is 1. The number of aryl methyl sites for hydroxylation is 1. The van der Waals surface area contributed by atoms with Crippen LogP contribution in [0.4, 0.5) is 5.69 Å². The van der Waals surface area contributed by atoms with Gasteiger partial charge < -0.3 is 9.73 Å². The molecule has 1 amide bonds. The lowest BCUT2D eigenvalue weighted by Gasteiger charge is -2.03. The number of carbonyl (C=O) groups is 1. The maximum absolute atomic E-state index is 11.4. The second-order valence-electron chi connectivity index (χ2n) is 3.60. The maximum atomic E-state index is 11.4. The zero-order chi connectivity index (χ0) is 12.4. The van der Waals surface area contributed by atoms with Gasteiger partial charge in [0.15, 0.2) is 5.58 Å². The van der Waals surface area contributed by atoms with E-state index in [1.54, 1.807) is 25.2 Å². The number of oxazole rings is 1. The van der Waals surface area contributed by atoms with Crippen molar-refractivity contribution >= 4 is 34.3 Å². The highest BCUT2D eigenvalue weighted by Crippen LogP contribution is 2.17. The largest absolute Gasteiger partial charge is 0.419 e. The van der Waals surface area contributed by atoms with Crippen LogP contribution >= 0.6 is 11.6 Å². The van der Waals surface area contributed by atoms with Gasteiger partial charge in [0.2, 0.25) is 5.91 Å². The fourth-order valence-electron chi connectivity index (χ4n) is 1.51. The molecule has 6 heteroatoms. The van der Waals surface area contributed by atoms with E-state index in [-0.39, 0.29) is 18.2 Å². The lowest BCUT2D eigenvalue weighted by atomic mass is 10.2. The first-order chi connectivity index (χ1) is 8.11. The maximum Gasteiger partial charge on any atom is 0.419 e. The first kappa shape index (κ1) is 11.7. The van der Waals surface area contributed by atoms with Crippen LogP contribution in [0.2, 0.25) is 0 Å². The van der Waals surface area contributed by atoms with Gasteiger partial charge in [0.1, 0.15) is 0 Å². The minimum atomic E-state index is -0.427. The van der Waals surface area contributed by atoms with Crippen molar-refractivity contribution in [3.63, 3.8) is 0 Å². The van der Waals surface area contributed by atoms with Crippen molar-refractivity contribution in [3.05, 3.63) is 28.7 Å². The summed E-state index contributed by atoms with van der Waals surface area (Å²) < 4.78 is 6.36. The molecule has 2 rings (SSSR count). The molecule has 0 aliphatic heterocycles. The highest BCUT2D eigenvalue weighted by molar-refractivity contribution is 6.19. The fourth-order valence-corrected chi connectivity index (χ4v) is 1.69. The second kappa shape index (κ2) is 4.63. The summed E-state index contributed by atoms with van der Waals surface area (Å²) in [5, 5.41) is 2.69. The molecule has 5 nitrogen and oxygen atoms in total. The number of anilines is 1. The topological polar surface area (TPSA) is 64.2 Å². The molecule has 1 N–H and O–H groups in total. The van der Waals surface area contributed by atoms with Gasteiger partial charge in [0, 0.05) is 25.0 Å². The number of carbonyl (C=O) groups excluding carboxylic acids is 1. The van der Waals surface area contributed by atoms with Crippen molar-refractivity contribution in [3.8, 4) is 0 Å². The summed E-state index contributed by atoms with van der Waals surface area (Å²) in [5.41, 5.74) is 1.75. The molecule has 0 fully saturated rings. The molecule has 0 aliphatic carbocycles. The molecule has 1 heterocycles. The lowest BCUT2D eigenvalue weighted by Crippen LogP contribution is -2.12. The van der Waals surface area contributed by atoms with Crippen LogP contribution in [-0.4, -0.2) is 16.4 Å². The average Bonchev–Trinajstić information content (AvgIpc) is 2.56. The molecule has 1 aromatic heterocycles. The Labute approximate surface area is 102 Å². The third-order valence-electron chi connectivity index (χ3n) is 2.40. The van der Waals surface area contributed by atoms with Crippen LogP contribution in [0.3, 0.4) is 0 Å². The number of halogens is 1. The van der Waals surface area contributed by atoms with Crippen molar-refractivity contribution in [1.29, 1.82) is 0 Å². The van der Waals surface area contributed by atoms with Gasteiger partial charge >= 0.3 is 5.76 Å². The van der Waals surface area contributed by atoms with E-state index in [0.717, 1.165) is 0 Å².